The van der Waals surface area contributed by atoms with E-state index in [9.17, 15) is 22.6 Å². The van der Waals surface area contributed by atoms with Gasteiger partial charge in [0.1, 0.15) is 4.90 Å². The van der Waals surface area contributed by atoms with Gasteiger partial charge in [0.15, 0.2) is 11.6 Å². The van der Waals surface area contributed by atoms with Crippen molar-refractivity contribution >= 4 is 21.7 Å². The van der Waals surface area contributed by atoms with E-state index in [1.165, 1.54) is 13.0 Å². The predicted octanol–water partition coefficient (Wildman–Crippen LogP) is 2.58. The molecule has 0 unspecified atom stereocenters. The molecule has 0 saturated heterocycles. The van der Waals surface area contributed by atoms with Gasteiger partial charge in [0.25, 0.3) is 10.1 Å². The first-order chi connectivity index (χ1) is 10.8. The number of benzene rings is 2. The molecule has 0 spiro atoms. The van der Waals surface area contributed by atoms with Crippen molar-refractivity contribution in [2.75, 3.05) is 0 Å². The van der Waals surface area contributed by atoms with Gasteiger partial charge in [-0.25, -0.2) is 0 Å². The fourth-order valence-electron chi connectivity index (χ4n) is 3.16. The fourth-order valence-corrected chi connectivity index (χ4v) is 4.19. The average Bonchev–Trinajstić information content (AvgIpc) is 2.50. The summed E-state index contributed by atoms with van der Waals surface area (Å²) in [7, 11) is -4.49. The molecule has 6 heteroatoms. The lowest BCUT2D eigenvalue weighted by atomic mass is 9.80. The minimum Gasteiger partial charge on any atom is -0.289 e. The molecule has 0 radical (unpaired) electrons. The molecule has 3 rings (SSSR count). The van der Waals surface area contributed by atoms with E-state index in [0.717, 1.165) is 0 Å². The molecule has 0 atom stereocenters. The topological polar surface area (TPSA) is 88.5 Å². The van der Waals surface area contributed by atoms with Crippen molar-refractivity contribution in [3.8, 4) is 0 Å². The van der Waals surface area contributed by atoms with Gasteiger partial charge in [0, 0.05) is 22.3 Å². The summed E-state index contributed by atoms with van der Waals surface area (Å²) in [5, 5.41) is 0. The second-order valence-corrected chi connectivity index (χ2v) is 6.81. The number of rotatable bonds is 2. The third-order valence-electron chi connectivity index (χ3n) is 4.06. The van der Waals surface area contributed by atoms with Crippen molar-refractivity contribution in [2.45, 2.75) is 25.2 Å². The van der Waals surface area contributed by atoms with E-state index in [0.29, 0.717) is 5.56 Å². The number of ketones is 2. The van der Waals surface area contributed by atoms with Gasteiger partial charge >= 0.3 is 0 Å². The molecule has 0 fully saturated rings. The van der Waals surface area contributed by atoms with E-state index in [4.69, 9.17) is 0 Å². The molecular formula is C17H14O5S. The summed E-state index contributed by atoms with van der Waals surface area (Å²) in [6, 6.07) is 7.82. The quantitative estimate of drug-likeness (QED) is 0.730. The molecular weight excluding hydrogens is 316 g/mol. The van der Waals surface area contributed by atoms with Gasteiger partial charge < -0.3 is 0 Å². The van der Waals surface area contributed by atoms with Crippen LogP contribution in [0, 0.1) is 6.92 Å². The lowest BCUT2D eigenvalue weighted by Gasteiger charge is -2.22. The van der Waals surface area contributed by atoms with Gasteiger partial charge in [-0.3, -0.25) is 14.1 Å². The smallest absolute Gasteiger partial charge is 0.289 e. The molecule has 1 aliphatic carbocycles. The molecule has 2 aromatic rings. The number of carbonyl (C=O) groups is 2. The third-order valence-corrected chi connectivity index (χ3v) is 5.15. The van der Waals surface area contributed by atoms with Crippen molar-refractivity contribution in [1.29, 1.82) is 0 Å². The van der Waals surface area contributed by atoms with Crippen LogP contribution in [0.25, 0.3) is 0 Å². The van der Waals surface area contributed by atoms with Crippen LogP contribution in [-0.4, -0.2) is 24.5 Å². The first-order valence-electron chi connectivity index (χ1n) is 7.09. The maximum absolute atomic E-state index is 12.8. The summed E-state index contributed by atoms with van der Waals surface area (Å²) in [5.41, 5.74) is 1.28. The van der Waals surface area contributed by atoms with Crippen LogP contribution in [0.3, 0.4) is 0 Å². The second kappa shape index (κ2) is 5.11. The average molecular weight is 330 g/mol. The Kier molecular flexibility index (Phi) is 3.46. The Hall–Kier alpha value is -2.31. The lowest BCUT2D eigenvalue weighted by Crippen LogP contribution is -2.24. The Morgan fingerprint density at radius 3 is 2.09 bits per heavy atom. The molecule has 0 heterocycles. The molecule has 1 N–H and O–H groups in total. The molecule has 0 amide bonds. The Morgan fingerprint density at radius 1 is 1.00 bits per heavy atom. The lowest BCUT2D eigenvalue weighted by molar-refractivity contribution is 0.0978. The Morgan fingerprint density at radius 2 is 1.57 bits per heavy atom. The largest absolute Gasteiger partial charge is 0.295 e. The van der Waals surface area contributed by atoms with Crippen LogP contribution >= 0.6 is 0 Å². The summed E-state index contributed by atoms with van der Waals surface area (Å²) >= 11 is 0. The van der Waals surface area contributed by atoms with Crippen molar-refractivity contribution in [3.05, 3.63) is 63.7 Å². The number of fused-ring (bicyclic) bond motifs is 2. The Bertz CT molecular complexity index is 971. The highest BCUT2D eigenvalue weighted by molar-refractivity contribution is 7.86. The molecule has 23 heavy (non-hydrogen) atoms. The van der Waals surface area contributed by atoms with Gasteiger partial charge in [-0.15, -0.1) is 0 Å². The maximum atomic E-state index is 12.8. The summed E-state index contributed by atoms with van der Waals surface area (Å²) in [6.07, 6.45) is 0.209. The van der Waals surface area contributed by atoms with Gasteiger partial charge in [0.05, 0.1) is 0 Å². The standard InChI is InChI=1S/C17H14O5S/c1-3-10-14-13(8-9(2)17(10)23(20,21)22)15(18)11-6-4-5-7-12(11)16(14)19/h4-8H,3H2,1-2H3,(H,20,21,22). The van der Waals surface area contributed by atoms with Crippen LogP contribution in [0.5, 0.6) is 0 Å². The van der Waals surface area contributed by atoms with Gasteiger partial charge in [-0.1, -0.05) is 31.2 Å². The number of hydrogen-bond donors (Lipinski definition) is 1. The highest BCUT2D eigenvalue weighted by atomic mass is 32.2. The zero-order valence-electron chi connectivity index (χ0n) is 12.6. The SMILES string of the molecule is CCc1c2c(cc(C)c1S(=O)(=O)O)C(=O)c1ccccc1C2=O. The van der Waals surface area contributed by atoms with Crippen molar-refractivity contribution in [2.24, 2.45) is 0 Å². The van der Waals surface area contributed by atoms with Gasteiger partial charge in [0.2, 0.25) is 0 Å². The van der Waals surface area contributed by atoms with Crippen LogP contribution in [0.2, 0.25) is 0 Å². The molecule has 2 aromatic carbocycles. The van der Waals surface area contributed by atoms with E-state index in [1.54, 1.807) is 31.2 Å². The zero-order valence-corrected chi connectivity index (χ0v) is 13.4. The number of aryl methyl sites for hydroxylation is 1. The van der Waals surface area contributed by atoms with E-state index in [1.807, 2.05) is 0 Å². The van der Waals surface area contributed by atoms with Crippen LogP contribution in [0.15, 0.2) is 35.2 Å². The first kappa shape index (κ1) is 15.6. The van der Waals surface area contributed by atoms with Crippen LogP contribution in [-0.2, 0) is 16.5 Å². The number of carbonyl (C=O) groups excluding carboxylic acids is 2. The number of hydrogen-bond acceptors (Lipinski definition) is 4. The van der Waals surface area contributed by atoms with Crippen LogP contribution in [0.4, 0.5) is 0 Å². The normalized spacial score (nSPS) is 13.7. The second-order valence-electron chi connectivity index (χ2n) is 5.46. The first-order valence-corrected chi connectivity index (χ1v) is 8.53. The summed E-state index contributed by atoms with van der Waals surface area (Å²) in [5.74, 6) is -0.702. The van der Waals surface area contributed by atoms with Crippen LogP contribution < -0.4 is 0 Å². The Balaban J connectivity index is 2.45. The summed E-state index contributed by atoms with van der Waals surface area (Å²) < 4.78 is 32.9. The van der Waals surface area contributed by atoms with Gasteiger partial charge in [-0.05, 0) is 30.5 Å². The maximum Gasteiger partial charge on any atom is 0.295 e. The van der Waals surface area contributed by atoms with E-state index in [2.05, 4.69) is 0 Å². The van der Waals surface area contributed by atoms with E-state index >= 15 is 0 Å². The van der Waals surface area contributed by atoms with Crippen molar-refractivity contribution < 1.29 is 22.6 Å². The minimum atomic E-state index is -4.49. The highest BCUT2D eigenvalue weighted by Crippen LogP contribution is 2.34. The highest BCUT2D eigenvalue weighted by Gasteiger charge is 2.34. The Labute approximate surface area is 133 Å². The summed E-state index contributed by atoms with van der Waals surface area (Å²) in [4.78, 5) is 25.2. The van der Waals surface area contributed by atoms with Gasteiger partial charge in [-0.2, -0.15) is 8.42 Å². The van der Waals surface area contributed by atoms with Crippen molar-refractivity contribution in [3.63, 3.8) is 0 Å². The van der Waals surface area contributed by atoms with E-state index < -0.39 is 15.9 Å². The zero-order chi connectivity index (χ0) is 16.9. The summed E-state index contributed by atoms with van der Waals surface area (Å²) in [6.45, 7) is 3.18. The predicted molar refractivity (Wildman–Crippen MR) is 83.7 cm³/mol. The van der Waals surface area contributed by atoms with E-state index in [-0.39, 0.29) is 44.9 Å². The third kappa shape index (κ3) is 2.22. The molecule has 118 valence electrons. The fraction of sp³-hybridized carbons (Fsp3) is 0.176. The molecule has 1 aliphatic rings. The molecule has 0 aromatic heterocycles. The molecule has 5 nitrogen and oxygen atoms in total. The monoisotopic (exact) mass is 330 g/mol. The molecule has 0 bridgehead atoms. The van der Waals surface area contributed by atoms with Crippen molar-refractivity contribution in [1.82, 2.24) is 0 Å². The molecule has 0 saturated carbocycles. The molecule has 0 aliphatic heterocycles. The van der Waals surface area contributed by atoms with Crippen LogP contribution in [0.1, 0.15) is 49.9 Å². The minimum absolute atomic E-state index is 0.0782.